The molecule has 158 valence electrons. The zero-order chi connectivity index (χ0) is 21.7. The van der Waals surface area contributed by atoms with E-state index in [1.54, 1.807) is 25.1 Å². The van der Waals surface area contributed by atoms with E-state index in [0.717, 1.165) is 5.56 Å². The fraction of sp³-hybridized carbons (Fsp3) is 0.273. The number of carbonyl (C=O) groups is 2. The number of anilines is 1. The Morgan fingerprint density at radius 1 is 1.03 bits per heavy atom. The first-order valence-corrected chi connectivity index (χ1v) is 11.4. The molecule has 3 rings (SSSR count). The van der Waals surface area contributed by atoms with Gasteiger partial charge in [0.15, 0.2) is 5.78 Å². The van der Waals surface area contributed by atoms with Gasteiger partial charge in [-0.05, 0) is 44.0 Å². The normalized spacial score (nSPS) is 14.8. The van der Waals surface area contributed by atoms with Crippen LogP contribution in [0.4, 0.5) is 5.69 Å². The quantitative estimate of drug-likeness (QED) is 0.324. The fourth-order valence-corrected chi connectivity index (χ4v) is 3.86. The standard InChI is InChI=1S/C22H25N3O4S/c1-3-30(28,29)24-13-7-12-23-21(16-8-5-4-6-9-16)20-18-14-17(15(2)26)10-11-19(18)25-22(20)27/h4-6,8-11,14,23-24H,3,7,12-13H2,1-2H3,(H,25,27)/b21-20-. The van der Waals surface area contributed by atoms with Crippen LogP contribution in [0.25, 0.3) is 11.3 Å². The van der Waals surface area contributed by atoms with Crippen LogP contribution >= 0.6 is 0 Å². The molecule has 3 N–H and O–H groups in total. The Morgan fingerprint density at radius 3 is 2.43 bits per heavy atom. The molecule has 0 aliphatic carbocycles. The third kappa shape index (κ3) is 4.95. The minimum atomic E-state index is -3.24. The van der Waals surface area contributed by atoms with E-state index in [1.165, 1.54) is 6.92 Å². The molecule has 0 atom stereocenters. The van der Waals surface area contributed by atoms with Crippen molar-refractivity contribution in [3.63, 3.8) is 0 Å². The lowest BCUT2D eigenvalue weighted by Crippen LogP contribution is -2.28. The lowest BCUT2D eigenvalue weighted by Gasteiger charge is -2.15. The van der Waals surface area contributed by atoms with Crippen LogP contribution in [0.15, 0.2) is 48.5 Å². The number of rotatable bonds is 9. The molecule has 2 aromatic rings. The van der Waals surface area contributed by atoms with Gasteiger partial charge in [-0.1, -0.05) is 30.3 Å². The molecule has 1 heterocycles. The van der Waals surface area contributed by atoms with Crippen molar-refractivity contribution < 1.29 is 18.0 Å². The Morgan fingerprint density at radius 2 is 1.77 bits per heavy atom. The third-order valence-corrected chi connectivity index (χ3v) is 6.24. The van der Waals surface area contributed by atoms with E-state index in [9.17, 15) is 18.0 Å². The van der Waals surface area contributed by atoms with Crippen LogP contribution in [-0.4, -0.2) is 39.0 Å². The molecule has 0 aromatic heterocycles. The maximum atomic E-state index is 12.8. The Labute approximate surface area is 176 Å². The number of amides is 1. The summed E-state index contributed by atoms with van der Waals surface area (Å²) in [6, 6.07) is 14.6. The minimum Gasteiger partial charge on any atom is -0.384 e. The van der Waals surface area contributed by atoms with Gasteiger partial charge in [-0.2, -0.15) is 0 Å². The second kappa shape index (κ2) is 9.23. The zero-order valence-electron chi connectivity index (χ0n) is 17.0. The van der Waals surface area contributed by atoms with Crippen molar-refractivity contribution >= 4 is 38.7 Å². The molecule has 0 saturated carbocycles. The van der Waals surface area contributed by atoms with E-state index in [-0.39, 0.29) is 17.4 Å². The topological polar surface area (TPSA) is 104 Å². The second-order valence-corrected chi connectivity index (χ2v) is 9.06. The number of hydrogen-bond donors (Lipinski definition) is 3. The minimum absolute atomic E-state index is 0.0369. The van der Waals surface area contributed by atoms with E-state index in [1.807, 2.05) is 30.3 Å². The van der Waals surface area contributed by atoms with Crippen molar-refractivity contribution in [3.05, 3.63) is 65.2 Å². The van der Waals surface area contributed by atoms with E-state index in [2.05, 4.69) is 15.4 Å². The average Bonchev–Trinajstić information content (AvgIpc) is 3.06. The van der Waals surface area contributed by atoms with Gasteiger partial charge in [-0.25, -0.2) is 13.1 Å². The molecule has 8 heteroatoms. The molecular weight excluding hydrogens is 402 g/mol. The SMILES string of the molecule is CCS(=O)(=O)NCCCN/C(=C1\C(=O)Nc2ccc(C(C)=O)cc21)c1ccccc1. The van der Waals surface area contributed by atoms with Gasteiger partial charge in [0.2, 0.25) is 10.0 Å². The van der Waals surface area contributed by atoms with Gasteiger partial charge in [-0.15, -0.1) is 0 Å². The number of nitrogens with one attached hydrogen (secondary N) is 3. The summed E-state index contributed by atoms with van der Waals surface area (Å²) in [5, 5.41) is 6.15. The number of fused-ring (bicyclic) bond motifs is 1. The summed E-state index contributed by atoms with van der Waals surface area (Å²) in [4.78, 5) is 24.6. The van der Waals surface area contributed by atoms with Crippen LogP contribution in [0.2, 0.25) is 0 Å². The average molecular weight is 428 g/mol. The molecule has 1 aliphatic heterocycles. The van der Waals surface area contributed by atoms with Gasteiger partial charge in [0.1, 0.15) is 0 Å². The molecular formula is C22H25N3O4S. The van der Waals surface area contributed by atoms with Gasteiger partial charge in [0.05, 0.1) is 17.0 Å². The van der Waals surface area contributed by atoms with Crippen LogP contribution in [-0.2, 0) is 14.8 Å². The van der Waals surface area contributed by atoms with Gasteiger partial charge < -0.3 is 10.6 Å². The summed E-state index contributed by atoms with van der Waals surface area (Å²) < 4.78 is 25.7. The first-order chi connectivity index (χ1) is 14.3. The van der Waals surface area contributed by atoms with Gasteiger partial charge in [-0.3, -0.25) is 9.59 Å². The Bertz CT molecular complexity index is 1090. The summed E-state index contributed by atoms with van der Waals surface area (Å²) in [7, 11) is -3.24. The highest BCUT2D eigenvalue weighted by Crippen LogP contribution is 2.36. The lowest BCUT2D eigenvalue weighted by atomic mass is 9.98. The molecule has 0 bridgehead atoms. The molecule has 0 unspecified atom stereocenters. The van der Waals surface area contributed by atoms with Crippen molar-refractivity contribution in [2.75, 3.05) is 24.2 Å². The molecule has 0 saturated heterocycles. The molecule has 0 spiro atoms. The van der Waals surface area contributed by atoms with Crippen molar-refractivity contribution in [2.45, 2.75) is 20.3 Å². The first-order valence-electron chi connectivity index (χ1n) is 9.80. The van der Waals surface area contributed by atoms with Gasteiger partial charge in [0.25, 0.3) is 5.91 Å². The molecule has 2 aromatic carbocycles. The summed E-state index contributed by atoms with van der Waals surface area (Å²) in [6.45, 7) is 3.85. The maximum absolute atomic E-state index is 12.8. The number of ketones is 1. The molecule has 7 nitrogen and oxygen atoms in total. The molecule has 0 fully saturated rings. The van der Waals surface area contributed by atoms with E-state index < -0.39 is 10.0 Å². The zero-order valence-corrected chi connectivity index (χ0v) is 17.8. The molecule has 30 heavy (non-hydrogen) atoms. The number of sulfonamides is 1. The third-order valence-electron chi connectivity index (χ3n) is 4.84. The van der Waals surface area contributed by atoms with Crippen molar-refractivity contribution in [2.24, 2.45) is 0 Å². The second-order valence-electron chi connectivity index (χ2n) is 6.96. The van der Waals surface area contributed by atoms with E-state index in [4.69, 9.17) is 0 Å². The van der Waals surface area contributed by atoms with Gasteiger partial charge >= 0.3 is 0 Å². The smallest absolute Gasteiger partial charge is 0.258 e. The predicted molar refractivity (Wildman–Crippen MR) is 118 cm³/mol. The van der Waals surface area contributed by atoms with Crippen molar-refractivity contribution in [1.82, 2.24) is 10.0 Å². The van der Waals surface area contributed by atoms with Crippen molar-refractivity contribution in [1.29, 1.82) is 0 Å². The van der Waals surface area contributed by atoms with Crippen LogP contribution < -0.4 is 15.4 Å². The highest BCUT2D eigenvalue weighted by atomic mass is 32.2. The maximum Gasteiger partial charge on any atom is 0.258 e. The Kier molecular flexibility index (Phi) is 6.69. The summed E-state index contributed by atoms with van der Waals surface area (Å²) >= 11 is 0. The largest absolute Gasteiger partial charge is 0.384 e. The number of hydrogen-bond acceptors (Lipinski definition) is 5. The van der Waals surface area contributed by atoms with Crippen LogP contribution in [0, 0.1) is 0 Å². The van der Waals surface area contributed by atoms with E-state index in [0.29, 0.717) is 47.6 Å². The fourth-order valence-electron chi connectivity index (χ4n) is 3.21. The summed E-state index contributed by atoms with van der Waals surface area (Å²) in [5.74, 6) is -0.285. The highest BCUT2D eigenvalue weighted by Gasteiger charge is 2.28. The number of Topliss-reactive ketones (excluding diaryl/α,β-unsaturated/α-hetero) is 1. The van der Waals surface area contributed by atoms with Gasteiger partial charge in [0, 0.05) is 29.9 Å². The lowest BCUT2D eigenvalue weighted by molar-refractivity contribution is -0.110. The van der Waals surface area contributed by atoms with Crippen LogP contribution in [0.3, 0.4) is 0 Å². The molecule has 0 radical (unpaired) electrons. The summed E-state index contributed by atoms with van der Waals surface area (Å²) in [5.41, 5.74) is 3.80. The molecule has 1 amide bonds. The monoisotopic (exact) mass is 427 g/mol. The van der Waals surface area contributed by atoms with Crippen molar-refractivity contribution in [3.8, 4) is 0 Å². The summed E-state index contributed by atoms with van der Waals surface area (Å²) in [6.07, 6.45) is 0.546. The number of carbonyl (C=O) groups excluding carboxylic acids is 2. The predicted octanol–water partition coefficient (Wildman–Crippen LogP) is 2.63. The molecule has 1 aliphatic rings. The Hall–Kier alpha value is -2.97. The van der Waals surface area contributed by atoms with Crippen LogP contribution in [0.5, 0.6) is 0 Å². The first kappa shape index (κ1) is 21.7. The number of benzene rings is 2. The van der Waals surface area contributed by atoms with E-state index >= 15 is 0 Å². The Balaban J connectivity index is 1.92. The van der Waals surface area contributed by atoms with Crippen LogP contribution in [0.1, 0.15) is 41.8 Å². The highest BCUT2D eigenvalue weighted by molar-refractivity contribution is 7.89.